The fourth-order valence-electron chi connectivity index (χ4n) is 3.19. The summed E-state index contributed by atoms with van der Waals surface area (Å²) in [6.07, 6.45) is 2.61. The van der Waals surface area contributed by atoms with E-state index < -0.39 is 6.04 Å². The number of rotatable bonds is 10. The number of nitrogens with zero attached hydrogens (tertiary/aromatic N) is 1. The Kier molecular flexibility index (Phi) is 9.03. The number of amides is 2. The Bertz CT molecular complexity index is 835. The molecule has 0 saturated heterocycles. The van der Waals surface area contributed by atoms with Gasteiger partial charge in [0.05, 0.1) is 0 Å². The molecule has 1 N–H and O–H groups in total. The van der Waals surface area contributed by atoms with Gasteiger partial charge in [-0.05, 0) is 50.3 Å². The van der Waals surface area contributed by atoms with E-state index in [4.69, 9.17) is 0 Å². The van der Waals surface area contributed by atoms with Crippen LogP contribution in [0.1, 0.15) is 57.2 Å². The average molecular weight is 413 g/mol. The molecule has 0 aliphatic heterocycles. The van der Waals surface area contributed by atoms with Gasteiger partial charge in [-0.2, -0.15) is 0 Å². The Hall–Kier alpha value is -2.69. The minimum Gasteiger partial charge on any atom is -0.352 e. The summed E-state index contributed by atoms with van der Waals surface area (Å²) >= 11 is 0. The summed E-state index contributed by atoms with van der Waals surface area (Å²) in [6.45, 7) is 7.78. The highest BCUT2D eigenvalue weighted by Gasteiger charge is 2.27. The molecule has 0 saturated carbocycles. The zero-order chi connectivity index (χ0) is 22.1. The van der Waals surface area contributed by atoms with Gasteiger partial charge in [-0.25, -0.2) is 4.39 Å². The molecular weight excluding hydrogens is 379 g/mol. The van der Waals surface area contributed by atoms with Crippen LogP contribution in [0.15, 0.2) is 48.5 Å². The van der Waals surface area contributed by atoms with Crippen molar-refractivity contribution >= 4 is 11.8 Å². The zero-order valence-electron chi connectivity index (χ0n) is 18.5. The molecule has 0 fully saturated rings. The van der Waals surface area contributed by atoms with Gasteiger partial charge in [0, 0.05) is 24.6 Å². The summed E-state index contributed by atoms with van der Waals surface area (Å²) in [5.41, 5.74) is 2.73. The molecule has 0 aromatic heterocycles. The molecule has 0 heterocycles. The Morgan fingerprint density at radius 3 is 2.23 bits per heavy atom. The van der Waals surface area contributed by atoms with Crippen LogP contribution in [-0.2, 0) is 29.0 Å². The van der Waals surface area contributed by atoms with E-state index in [1.165, 1.54) is 16.5 Å². The molecule has 0 aliphatic carbocycles. The van der Waals surface area contributed by atoms with Crippen molar-refractivity contribution in [3.8, 4) is 0 Å². The number of nitrogens with one attached hydrogen (secondary N) is 1. The van der Waals surface area contributed by atoms with E-state index in [0.29, 0.717) is 12.0 Å². The number of benzene rings is 2. The summed E-state index contributed by atoms with van der Waals surface area (Å²) < 4.78 is 14.2. The van der Waals surface area contributed by atoms with Gasteiger partial charge in [-0.15, -0.1) is 0 Å². The summed E-state index contributed by atoms with van der Waals surface area (Å²) in [5, 5.41) is 2.92. The Morgan fingerprint density at radius 2 is 1.63 bits per heavy atom. The van der Waals surface area contributed by atoms with Crippen LogP contribution in [0, 0.1) is 5.82 Å². The molecule has 2 aromatic rings. The highest BCUT2D eigenvalue weighted by molar-refractivity contribution is 5.87. The van der Waals surface area contributed by atoms with Crippen molar-refractivity contribution in [3.05, 3.63) is 71.0 Å². The lowest BCUT2D eigenvalue weighted by Crippen LogP contribution is -2.49. The van der Waals surface area contributed by atoms with E-state index in [0.717, 1.165) is 18.4 Å². The first-order valence-corrected chi connectivity index (χ1v) is 10.8. The van der Waals surface area contributed by atoms with E-state index in [1.54, 1.807) is 25.1 Å². The number of hydrogen-bond acceptors (Lipinski definition) is 2. The van der Waals surface area contributed by atoms with Gasteiger partial charge in [-0.1, -0.05) is 56.3 Å². The topological polar surface area (TPSA) is 49.4 Å². The summed E-state index contributed by atoms with van der Waals surface area (Å²) in [4.78, 5) is 27.2. The van der Waals surface area contributed by atoms with Crippen molar-refractivity contribution in [2.75, 3.05) is 0 Å². The highest BCUT2D eigenvalue weighted by Crippen LogP contribution is 2.16. The van der Waals surface area contributed by atoms with Gasteiger partial charge in [-0.3, -0.25) is 9.59 Å². The first-order chi connectivity index (χ1) is 14.3. The van der Waals surface area contributed by atoms with Gasteiger partial charge in [0.1, 0.15) is 11.9 Å². The van der Waals surface area contributed by atoms with Gasteiger partial charge in [0.15, 0.2) is 0 Å². The maximum absolute atomic E-state index is 14.2. The molecule has 0 spiro atoms. The molecular formula is C25H33FN2O2. The van der Waals surface area contributed by atoms with E-state index in [1.807, 2.05) is 26.0 Å². The monoisotopic (exact) mass is 412 g/mol. The van der Waals surface area contributed by atoms with E-state index in [2.05, 4.69) is 24.4 Å². The van der Waals surface area contributed by atoms with Crippen LogP contribution in [0.25, 0.3) is 0 Å². The van der Waals surface area contributed by atoms with E-state index in [-0.39, 0.29) is 36.6 Å². The van der Waals surface area contributed by atoms with E-state index in [9.17, 15) is 14.0 Å². The number of carbonyl (C=O) groups excluding carboxylic acids is 2. The average Bonchev–Trinajstić information content (AvgIpc) is 2.76. The number of hydrogen-bond donors (Lipinski definition) is 1. The Morgan fingerprint density at radius 1 is 1.00 bits per heavy atom. The molecule has 2 rings (SSSR count). The molecule has 2 aromatic carbocycles. The molecule has 2 atom stereocenters. The minimum absolute atomic E-state index is 0.0162. The maximum atomic E-state index is 14.2. The Balaban J connectivity index is 2.14. The third-order valence-electron chi connectivity index (χ3n) is 5.53. The smallest absolute Gasteiger partial charge is 0.242 e. The van der Waals surface area contributed by atoms with Crippen LogP contribution < -0.4 is 5.32 Å². The summed E-state index contributed by atoms with van der Waals surface area (Å²) in [5.74, 6) is -0.758. The molecule has 0 unspecified atom stereocenters. The van der Waals surface area contributed by atoms with Crippen molar-refractivity contribution in [2.45, 2.75) is 72.0 Å². The zero-order valence-corrected chi connectivity index (χ0v) is 18.5. The fraction of sp³-hybridized carbons (Fsp3) is 0.440. The van der Waals surface area contributed by atoms with Crippen molar-refractivity contribution < 1.29 is 14.0 Å². The predicted octanol–water partition coefficient (Wildman–Crippen LogP) is 4.65. The SMILES string of the molecule is CCc1ccc(CCC(=O)N(Cc2ccccc2F)[C@H](C)C(=O)N[C@H](C)CC)cc1. The third kappa shape index (κ3) is 6.68. The largest absolute Gasteiger partial charge is 0.352 e. The van der Waals surface area contributed by atoms with Gasteiger partial charge in [0.25, 0.3) is 0 Å². The van der Waals surface area contributed by atoms with Crippen molar-refractivity contribution in [1.82, 2.24) is 10.2 Å². The second-order valence-corrected chi connectivity index (χ2v) is 7.78. The first kappa shape index (κ1) is 23.6. The lowest BCUT2D eigenvalue weighted by molar-refractivity contribution is -0.140. The summed E-state index contributed by atoms with van der Waals surface area (Å²) in [7, 11) is 0. The molecule has 0 radical (unpaired) electrons. The molecule has 5 heteroatoms. The normalized spacial score (nSPS) is 12.8. The second kappa shape index (κ2) is 11.5. The molecule has 0 aliphatic rings. The molecule has 2 amide bonds. The number of halogens is 1. The molecule has 30 heavy (non-hydrogen) atoms. The van der Waals surface area contributed by atoms with Gasteiger partial charge >= 0.3 is 0 Å². The maximum Gasteiger partial charge on any atom is 0.242 e. The predicted molar refractivity (Wildman–Crippen MR) is 118 cm³/mol. The minimum atomic E-state index is -0.687. The molecule has 162 valence electrons. The third-order valence-corrected chi connectivity index (χ3v) is 5.53. The standard InChI is InChI=1S/C25H33FN2O2/c1-5-18(3)27-25(30)19(4)28(17-22-9-7-8-10-23(22)26)24(29)16-15-21-13-11-20(6-2)12-14-21/h7-14,18-19H,5-6,15-17H2,1-4H3,(H,27,30)/t18-,19-/m1/s1. The van der Waals surface area contributed by atoms with Gasteiger partial charge < -0.3 is 10.2 Å². The Labute approximate surface area is 179 Å². The van der Waals surface area contributed by atoms with Crippen LogP contribution in [0.4, 0.5) is 4.39 Å². The van der Waals surface area contributed by atoms with Crippen LogP contribution >= 0.6 is 0 Å². The van der Waals surface area contributed by atoms with Crippen molar-refractivity contribution in [3.63, 3.8) is 0 Å². The lowest BCUT2D eigenvalue weighted by atomic mass is 10.0. The van der Waals surface area contributed by atoms with Crippen LogP contribution in [-0.4, -0.2) is 28.8 Å². The van der Waals surface area contributed by atoms with E-state index >= 15 is 0 Å². The summed E-state index contributed by atoms with van der Waals surface area (Å²) in [6, 6.07) is 13.9. The number of aryl methyl sites for hydroxylation is 2. The van der Waals surface area contributed by atoms with Crippen molar-refractivity contribution in [2.24, 2.45) is 0 Å². The fourth-order valence-corrected chi connectivity index (χ4v) is 3.19. The van der Waals surface area contributed by atoms with Crippen LogP contribution in [0.3, 0.4) is 0 Å². The highest BCUT2D eigenvalue weighted by atomic mass is 19.1. The number of carbonyl (C=O) groups is 2. The first-order valence-electron chi connectivity index (χ1n) is 10.8. The molecule has 0 bridgehead atoms. The second-order valence-electron chi connectivity index (χ2n) is 7.78. The van der Waals surface area contributed by atoms with Gasteiger partial charge in [0.2, 0.25) is 11.8 Å². The molecule has 4 nitrogen and oxygen atoms in total. The lowest BCUT2D eigenvalue weighted by Gasteiger charge is -2.30. The van der Waals surface area contributed by atoms with Crippen LogP contribution in [0.5, 0.6) is 0 Å². The quantitative estimate of drug-likeness (QED) is 0.617. The van der Waals surface area contributed by atoms with Crippen molar-refractivity contribution in [1.29, 1.82) is 0 Å². The van der Waals surface area contributed by atoms with Crippen LogP contribution in [0.2, 0.25) is 0 Å².